The van der Waals surface area contributed by atoms with Crippen LogP contribution >= 0.6 is 11.3 Å². The molecule has 8 rings (SSSR count). The molecule has 0 radical (unpaired) electrons. The Labute approximate surface area is 211 Å². The normalized spacial score (nSPS) is 23.6. The third-order valence-corrected chi connectivity index (χ3v) is 9.56. The van der Waals surface area contributed by atoms with Crippen molar-refractivity contribution in [2.75, 3.05) is 0 Å². The summed E-state index contributed by atoms with van der Waals surface area (Å²) in [7, 11) is 0. The van der Waals surface area contributed by atoms with Gasteiger partial charge >= 0.3 is 0 Å². The summed E-state index contributed by atoms with van der Waals surface area (Å²) in [6, 6.07) is 13.7. The Hall–Kier alpha value is -3.26. The van der Waals surface area contributed by atoms with Gasteiger partial charge in [0.05, 0.1) is 16.0 Å². The van der Waals surface area contributed by atoms with Crippen molar-refractivity contribution < 1.29 is 8.78 Å². The maximum Gasteiger partial charge on any atom is 0.251 e. The highest BCUT2D eigenvalue weighted by molar-refractivity contribution is 7.22. The molecule has 4 heterocycles. The molecule has 4 aromatic heterocycles. The first kappa shape index (κ1) is 22.0. The zero-order valence-corrected chi connectivity index (χ0v) is 20.7. The van der Waals surface area contributed by atoms with Crippen LogP contribution in [0.3, 0.4) is 0 Å². The third kappa shape index (κ3) is 3.61. The summed E-state index contributed by atoms with van der Waals surface area (Å²) in [5.74, 6) is 1.08. The summed E-state index contributed by atoms with van der Waals surface area (Å²) in [5, 5.41) is 8.54. The van der Waals surface area contributed by atoms with Crippen LogP contribution in [-0.2, 0) is 6.42 Å². The van der Waals surface area contributed by atoms with Crippen molar-refractivity contribution in [3.63, 3.8) is 0 Å². The van der Waals surface area contributed by atoms with Crippen molar-refractivity contribution in [1.82, 2.24) is 25.1 Å². The SMILES string of the molecule is CC1C2CCC(CC2)C1Cc1cc(-c2cc3ccccc3s2)nc(-c2[nH]nc3nc(F)c(F)cc23)n1. The summed E-state index contributed by atoms with van der Waals surface area (Å²) >= 11 is 1.69. The first-order valence-electron chi connectivity index (χ1n) is 12.6. The summed E-state index contributed by atoms with van der Waals surface area (Å²) < 4.78 is 29.0. The van der Waals surface area contributed by atoms with Crippen LogP contribution in [0, 0.1) is 35.4 Å². The van der Waals surface area contributed by atoms with E-state index >= 15 is 0 Å². The van der Waals surface area contributed by atoms with Gasteiger partial charge in [0.15, 0.2) is 17.3 Å². The van der Waals surface area contributed by atoms with Crippen LogP contribution in [0.2, 0.25) is 0 Å². The van der Waals surface area contributed by atoms with Crippen LogP contribution < -0.4 is 0 Å². The van der Waals surface area contributed by atoms with Gasteiger partial charge in [0.2, 0.25) is 0 Å². The van der Waals surface area contributed by atoms with Gasteiger partial charge in [-0.15, -0.1) is 11.3 Å². The number of halogens is 2. The fraction of sp³-hybridized carbons (Fsp3) is 0.357. The first-order valence-corrected chi connectivity index (χ1v) is 13.4. The molecule has 3 aliphatic carbocycles. The molecular formula is C28H25F2N5S. The minimum Gasteiger partial charge on any atom is -0.272 e. The van der Waals surface area contributed by atoms with E-state index in [-0.39, 0.29) is 5.65 Å². The van der Waals surface area contributed by atoms with Crippen molar-refractivity contribution in [2.24, 2.45) is 23.7 Å². The Kier molecular flexibility index (Phi) is 5.13. The Morgan fingerprint density at radius 1 is 0.972 bits per heavy atom. The highest BCUT2D eigenvalue weighted by atomic mass is 32.1. The van der Waals surface area contributed by atoms with Crippen LogP contribution in [0.25, 0.3) is 43.2 Å². The molecule has 0 amide bonds. The van der Waals surface area contributed by atoms with E-state index in [1.54, 1.807) is 11.3 Å². The van der Waals surface area contributed by atoms with Crippen LogP contribution in [0.1, 0.15) is 38.3 Å². The van der Waals surface area contributed by atoms with Gasteiger partial charge in [0.1, 0.15) is 5.69 Å². The monoisotopic (exact) mass is 501 g/mol. The predicted molar refractivity (Wildman–Crippen MR) is 137 cm³/mol. The highest BCUT2D eigenvalue weighted by Crippen LogP contribution is 2.49. The molecule has 2 bridgehead atoms. The molecule has 0 spiro atoms. The second-order valence-electron chi connectivity index (χ2n) is 10.3. The summed E-state index contributed by atoms with van der Waals surface area (Å²) in [6.45, 7) is 2.40. The predicted octanol–water partition coefficient (Wildman–Crippen LogP) is 7.19. The van der Waals surface area contributed by atoms with E-state index in [2.05, 4.69) is 46.4 Å². The number of nitrogens with zero attached hydrogens (tertiary/aromatic N) is 4. The van der Waals surface area contributed by atoms with Crippen molar-refractivity contribution >= 4 is 32.5 Å². The molecular weight excluding hydrogens is 476 g/mol. The van der Waals surface area contributed by atoms with Gasteiger partial charge in [-0.1, -0.05) is 25.1 Å². The molecule has 36 heavy (non-hydrogen) atoms. The number of hydrogen-bond donors (Lipinski definition) is 1. The van der Waals surface area contributed by atoms with E-state index in [4.69, 9.17) is 9.97 Å². The van der Waals surface area contributed by atoms with Gasteiger partial charge in [-0.25, -0.2) is 14.4 Å². The van der Waals surface area contributed by atoms with Gasteiger partial charge in [0.25, 0.3) is 5.95 Å². The molecule has 182 valence electrons. The summed E-state index contributed by atoms with van der Waals surface area (Å²) in [5.41, 5.74) is 2.39. The topological polar surface area (TPSA) is 67.3 Å². The Morgan fingerprint density at radius 3 is 2.58 bits per heavy atom. The quantitative estimate of drug-likeness (QED) is 0.265. The van der Waals surface area contributed by atoms with Crippen LogP contribution in [0.4, 0.5) is 8.78 Å². The largest absolute Gasteiger partial charge is 0.272 e. The van der Waals surface area contributed by atoms with Gasteiger partial charge in [-0.2, -0.15) is 14.5 Å². The third-order valence-electron chi connectivity index (χ3n) is 8.42. The van der Waals surface area contributed by atoms with Gasteiger partial charge in [-0.3, -0.25) is 5.10 Å². The zero-order valence-electron chi connectivity index (χ0n) is 19.8. The van der Waals surface area contributed by atoms with Gasteiger partial charge in [-0.05, 0) is 85.4 Å². The molecule has 8 heteroatoms. The minimum atomic E-state index is -1.16. The van der Waals surface area contributed by atoms with Crippen LogP contribution in [0.5, 0.6) is 0 Å². The molecule has 2 atom stereocenters. The summed E-state index contributed by atoms with van der Waals surface area (Å²) in [4.78, 5) is 14.5. The second-order valence-corrected chi connectivity index (χ2v) is 11.4. The number of benzene rings is 1. The van der Waals surface area contributed by atoms with Crippen LogP contribution in [0.15, 0.2) is 42.5 Å². The molecule has 2 unspecified atom stereocenters. The number of hydrogen-bond acceptors (Lipinski definition) is 5. The highest BCUT2D eigenvalue weighted by Gasteiger charge is 2.41. The lowest BCUT2D eigenvalue weighted by atomic mass is 9.58. The maximum atomic E-state index is 14.1. The fourth-order valence-electron chi connectivity index (χ4n) is 6.49. The lowest BCUT2D eigenvalue weighted by Gasteiger charge is -2.47. The fourth-order valence-corrected chi connectivity index (χ4v) is 7.51. The lowest BCUT2D eigenvalue weighted by molar-refractivity contribution is 0.0339. The van der Waals surface area contributed by atoms with Gasteiger partial charge < -0.3 is 0 Å². The van der Waals surface area contributed by atoms with E-state index in [9.17, 15) is 8.78 Å². The Morgan fingerprint density at radius 2 is 1.78 bits per heavy atom. The lowest BCUT2D eigenvalue weighted by Crippen LogP contribution is -2.39. The number of fused-ring (bicyclic) bond motifs is 5. The second kappa shape index (κ2) is 8.40. The van der Waals surface area contributed by atoms with Gasteiger partial charge in [0, 0.05) is 10.4 Å². The van der Waals surface area contributed by atoms with Crippen molar-refractivity contribution in [2.45, 2.75) is 39.0 Å². The Bertz CT molecular complexity index is 1570. The number of aromatic nitrogens is 5. The number of thiophene rings is 1. The Balaban J connectivity index is 1.36. The van der Waals surface area contributed by atoms with E-state index in [0.29, 0.717) is 28.7 Å². The van der Waals surface area contributed by atoms with E-state index in [1.165, 1.54) is 35.8 Å². The van der Waals surface area contributed by atoms with Crippen LogP contribution in [-0.4, -0.2) is 25.1 Å². The molecule has 5 nitrogen and oxygen atoms in total. The number of rotatable bonds is 4. The number of nitrogens with one attached hydrogen (secondary N) is 1. The molecule has 3 aliphatic rings. The molecule has 0 saturated heterocycles. The molecule has 1 aromatic carbocycles. The number of aromatic amines is 1. The molecule has 0 aliphatic heterocycles. The average Bonchev–Trinajstić information content (AvgIpc) is 3.51. The maximum absolute atomic E-state index is 14.1. The van der Waals surface area contributed by atoms with Crippen molar-refractivity contribution in [3.05, 3.63) is 59.9 Å². The first-order chi connectivity index (χ1) is 17.5. The number of pyridine rings is 1. The molecule has 3 fully saturated rings. The number of H-pyrrole nitrogens is 1. The smallest absolute Gasteiger partial charge is 0.251 e. The van der Waals surface area contributed by atoms with Crippen molar-refractivity contribution in [3.8, 4) is 22.1 Å². The molecule has 1 N–H and O–H groups in total. The zero-order chi connectivity index (χ0) is 24.4. The minimum absolute atomic E-state index is 0.111. The van der Waals surface area contributed by atoms with Crippen molar-refractivity contribution in [1.29, 1.82) is 0 Å². The standard InChI is InChI=1S/C28H25F2N5S/c1-14-15-6-8-16(9-7-15)19(14)11-18-12-22(24-10-17-4-2-3-5-23(17)36-24)32-28(31-18)25-20-13-21(29)26(30)33-27(20)35-34-25/h2-5,10,12-16,19H,6-9,11H2,1H3,(H,33,34,35). The summed E-state index contributed by atoms with van der Waals surface area (Å²) in [6.07, 6.45) is 6.20. The van der Waals surface area contributed by atoms with E-state index in [1.807, 2.05) is 12.1 Å². The van der Waals surface area contributed by atoms with E-state index < -0.39 is 11.8 Å². The van der Waals surface area contributed by atoms with E-state index in [0.717, 1.165) is 40.6 Å². The molecule has 5 aromatic rings. The average molecular weight is 502 g/mol. The molecule has 3 saturated carbocycles.